The van der Waals surface area contributed by atoms with Gasteiger partial charge in [-0.05, 0) is 19.8 Å². The average molecular weight is 356 g/mol. The van der Waals surface area contributed by atoms with E-state index in [-0.39, 0.29) is 12.5 Å². The molecular weight excluding hydrogens is 310 g/mol. The topological polar surface area (TPSA) is 40.1 Å². The molecular formula is C22H45NO2. The van der Waals surface area contributed by atoms with E-state index in [0.717, 1.165) is 11.0 Å². The van der Waals surface area contributed by atoms with Crippen molar-refractivity contribution in [3.8, 4) is 0 Å². The van der Waals surface area contributed by atoms with E-state index >= 15 is 0 Å². The fourth-order valence-corrected chi connectivity index (χ4v) is 3.42. The number of rotatable bonds is 18. The molecule has 0 aliphatic rings. The predicted octanol–water partition coefficient (Wildman–Crippen LogP) is 5.07. The van der Waals surface area contributed by atoms with Gasteiger partial charge in [0.1, 0.15) is 0 Å². The van der Waals surface area contributed by atoms with Gasteiger partial charge >= 0.3 is 0 Å². The molecule has 0 aromatic heterocycles. The van der Waals surface area contributed by atoms with Crippen LogP contribution in [0.3, 0.4) is 0 Å². The lowest BCUT2D eigenvalue weighted by molar-refractivity contribution is -0.913. The first-order chi connectivity index (χ1) is 11.9. The molecule has 0 N–H and O–H groups in total. The Morgan fingerprint density at radius 1 is 0.760 bits per heavy atom. The highest BCUT2D eigenvalue weighted by Crippen LogP contribution is 2.15. The smallest absolute Gasteiger partial charge is 0.0910 e. The molecule has 0 bridgehead atoms. The van der Waals surface area contributed by atoms with Gasteiger partial charge in [-0.25, -0.2) is 0 Å². The van der Waals surface area contributed by atoms with Crippen molar-refractivity contribution in [1.82, 2.24) is 0 Å². The first-order valence-corrected chi connectivity index (χ1v) is 10.9. The van der Waals surface area contributed by atoms with E-state index in [1.54, 1.807) is 0 Å². The van der Waals surface area contributed by atoms with Gasteiger partial charge < -0.3 is 14.4 Å². The lowest BCUT2D eigenvalue weighted by Gasteiger charge is -2.36. The molecule has 0 aromatic rings. The van der Waals surface area contributed by atoms with Crippen LogP contribution >= 0.6 is 0 Å². The first kappa shape index (κ1) is 24.4. The Kier molecular flexibility index (Phi) is 15.3. The van der Waals surface area contributed by atoms with E-state index in [4.69, 9.17) is 0 Å². The molecule has 3 heteroatoms. The Labute approximate surface area is 157 Å². The van der Waals surface area contributed by atoms with Crippen molar-refractivity contribution < 1.29 is 14.4 Å². The third-order valence-corrected chi connectivity index (χ3v) is 5.74. The first-order valence-electron chi connectivity index (χ1n) is 10.9. The summed E-state index contributed by atoms with van der Waals surface area (Å²) in [6.45, 7) is 5.35. The zero-order valence-electron chi connectivity index (χ0n) is 17.7. The summed E-state index contributed by atoms with van der Waals surface area (Å²) >= 11 is 0. The van der Waals surface area contributed by atoms with Crippen LogP contribution in [0.1, 0.15) is 110 Å². The summed E-state index contributed by atoms with van der Waals surface area (Å²) in [5.74, 6) is -0.931. The Bertz CT molecular complexity index is 315. The van der Waals surface area contributed by atoms with Gasteiger partial charge in [-0.2, -0.15) is 0 Å². The van der Waals surface area contributed by atoms with Gasteiger partial charge in [0.15, 0.2) is 0 Å². The second-order valence-corrected chi connectivity index (χ2v) is 8.52. The van der Waals surface area contributed by atoms with Gasteiger partial charge in [0.2, 0.25) is 0 Å². The van der Waals surface area contributed by atoms with Gasteiger partial charge in [-0.3, -0.25) is 0 Å². The second kappa shape index (κ2) is 15.7. The summed E-state index contributed by atoms with van der Waals surface area (Å²) in [7, 11) is 4.27. The van der Waals surface area contributed by atoms with Crippen molar-refractivity contribution in [2.75, 3.05) is 20.6 Å². The number of nitrogens with zero attached hydrogens (tertiary/aromatic N) is 1. The minimum atomic E-state index is -0.931. The molecule has 0 radical (unpaired) electrons. The molecule has 3 nitrogen and oxygen atoms in total. The number of quaternary nitrogens is 1. The number of carbonyl (C=O) groups is 1. The number of carboxylic acid groups (broad SMARTS) is 1. The van der Waals surface area contributed by atoms with Crippen LogP contribution in [-0.4, -0.2) is 37.1 Å². The van der Waals surface area contributed by atoms with Crippen LogP contribution in [0, 0.1) is 0 Å². The number of unbranched alkanes of at least 4 members (excludes halogenated alkanes) is 13. The zero-order valence-corrected chi connectivity index (χ0v) is 17.7. The fraction of sp³-hybridized carbons (Fsp3) is 0.955. The molecule has 1 unspecified atom stereocenters. The number of hydrogen-bond donors (Lipinski definition) is 0. The third kappa shape index (κ3) is 15.4. The highest BCUT2D eigenvalue weighted by molar-refractivity contribution is 5.64. The number of aliphatic carboxylic acids is 1. The molecule has 0 spiro atoms. The maximum atomic E-state index is 10.7. The van der Waals surface area contributed by atoms with Crippen LogP contribution in [0.2, 0.25) is 0 Å². The molecule has 0 aromatic carbocycles. The summed E-state index contributed by atoms with van der Waals surface area (Å²) in [5, 5.41) is 10.7. The van der Waals surface area contributed by atoms with Crippen molar-refractivity contribution in [1.29, 1.82) is 0 Å². The number of carboxylic acids is 1. The molecule has 0 saturated carbocycles. The second-order valence-electron chi connectivity index (χ2n) is 8.52. The molecule has 0 fully saturated rings. The highest BCUT2D eigenvalue weighted by atomic mass is 16.4. The minimum Gasteiger partial charge on any atom is -0.550 e. The van der Waals surface area contributed by atoms with Crippen molar-refractivity contribution >= 4 is 5.97 Å². The monoisotopic (exact) mass is 355 g/mol. The standard InChI is InChI=1S/C22H45NO2/c1-5-6-7-8-9-10-11-12-13-14-15-16-17-18-19-23(3,4)21(2)20-22(24)25/h21H,5-20H2,1-4H3. The molecule has 0 saturated heterocycles. The maximum absolute atomic E-state index is 10.7. The largest absolute Gasteiger partial charge is 0.550 e. The summed E-state index contributed by atoms with van der Waals surface area (Å²) in [6, 6.07) is 0.131. The molecule has 0 amide bonds. The van der Waals surface area contributed by atoms with Crippen LogP contribution in [0.25, 0.3) is 0 Å². The molecule has 25 heavy (non-hydrogen) atoms. The molecule has 0 aliphatic heterocycles. The molecule has 150 valence electrons. The zero-order chi connectivity index (χ0) is 19.0. The minimum absolute atomic E-state index is 0.131. The number of hydrogen-bond acceptors (Lipinski definition) is 2. The summed E-state index contributed by atoms with van der Waals surface area (Å²) in [6.07, 6.45) is 19.4. The Balaban J connectivity index is 3.37. The SMILES string of the molecule is CCCCCCCCCCCCCCCC[N+](C)(C)C(C)CC(=O)[O-]. The summed E-state index contributed by atoms with van der Waals surface area (Å²) in [5.41, 5.74) is 0. The summed E-state index contributed by atoms with van der Waals surface area (Å²) < 4.78 is 0.784. The third-order valence-electron chi connectivity index (χ3n) is 5.74. The van der Waals surface area contributed by atoms with Crippen molar-refractivity contribution in [2.24, 2.45) is 0 Å². The van der Waals surface area contributed by atoms with Crippen molar-refractivity contribution in [2.45, 2.75) is 116 Å². The van der Waals surface area contributed by atoms with Gasteiger partial charge in [0, 0.05) is 12.4 Å². The highest BCUT2D eigenvalue weighted by Gasteiger charge is 2.23. The quantitative estimate of drug-likeness (QED) is 0.254. The molecule has 0 aliphatic carbocycles. The van der Waals surface area contributed by atoms with Gasteiger partial charge in [0.05, 0.1) is 26.7 Å². The van der Waals surface area contributed by atoms with E-state index in [1.165, 1.54) is 89.9 Å². The Hall–Kier alpha value is -0.570. The van der Waals surface area contributed by atoms with Crippen LogP contribution in [0.15, 0.2) is 0 Å². The van der Waals surface area contributed by atoms with Crippen LogP contribution in [0.4, 0.5) is 0 Å². The Morgan fingerprint density at radius 3 is 1.48 bits per heavy atom. The van der Waals surface area contributed by atoms with Crippen molar-refractivity contribution in [3.63, 3.8) is 0 Å². The average Bonchev–Trinajstić information content (AvgIpc) is 2.54. The van der Waals surface area contributed by atoms with Crippen LogP contribution in [-0.2, 0) is 4.79 Å². The molecule has 0 rings (SSSR count). The van der Waals surface area contributed by atoms with Crippen LogP contribution < -0.4 is 5.11 Å². The van der Waals surface area contributed by atoms with Gasteiger partial charge in [-0.1, -0.05) is 84.0 Å². The van der Waals surface area contributed by atoms with E-state index < -0.39 is 5.97 Å². The van der Waals surface area contributed by atoms with Gasteiger partial charge in [-0.15, -0.1) is 0 Å². The van der Waals surface area contributed by atoms with Crippen LogP contribution in [0.5, 0.6) is 0 Å². The number of carbonyl (C=O) groups excluding carboxylic acids is 1. The van der Waals surface area contributed by atoms with Crippen molar-refractivity contribution in [3.05, 3.63) is 0 Å². The maximum Gasteiger partial charge on any atom is 0.0910 e. The lowest BCUT2D eigenvalue weighted by Crippen LogP contribution is -2.50. The molecule has 1 atom stereocenters. The van der Waals surface area contributed by atoms with Gasteiger partial charge in [0.25, 0.3) is 0 Å². The lowest BCUT2D eigenvalue weighted by atomic mass is 10.0. The van der Waals surface area contributed by atoms with E-state index in [0.29, 0.717) is 0 Å². The normalized spacial score (nSPS) is 13.1. The van der Waals surface area contributed by atoms with E-state index in [9.17, 15) is 9.90 Å². The Morgan fingerprint density at radius 2 is 1.12 bits per heavy atom. The van der Waals surface area contributed by atoms with E-state index in [2.05, 4.69) is 21.0 Å². The summed E-state index contributed by atoms with van der Waals surface area (Å²) in [4.78, 5) is 10.7. The molecule has 0 heterocycles. The predicted molar refractivity (Wildman–Crippen MR) is 106 cm³/mol. The van der Waals surface area contributed by atoms with E-state index in [1.807, 2.05) is 6.92 Å². The fourth-order valence-electron chi connectivity index (χ4n) is 3.42.